The zero-order chi connectivity index (χ0) is 17.1. The highest BCUT2D eigenvalue weighted by Crippen LogP contribution is 2.39. The SMILES string of the molecule is COc1ccc(OC)c(C2CCCN2C(=O)c2cccc(F)c2)c1. The van der Waals surface area contributed by atoms with Crippen LogP contribution < -0.4 is 9.47 Å². The van der Waals surface area contributed by atoms with Gasteiger partial charge in [-0.3, -0.25) is 4.79 Å². The molecule has 1 heterocycles. The van der Waals surface area contributed by atoms with Crippen molar-refractivity contribution in [2.45, 2.75) is 18.9 Å². The second-order valence-electron chi connectivity index (χ2n) is 5.77. The number of hydrogen-bond donors (Lipinski definition) is 0. The fourth-order valence-electron chi connectivity index (χ4n) is 3.22. The van der Waals surface area contributed by atoms with Crippen molar-refractivity contribution in [1.29, 1.82) is 0 Å². The molecule has 1 amide bonds. The topological polar surface area (TPSA) is 38.8 Å². The molecule has 2 aromatic carbocycles. The molecule has 1 aliphatic heterocycles. The summed E-state index contributed by atoms with van der Waals surface area (Å²) in [4.78, 5) is 14.6. The van der Waals surface area contributed by atoms with Crippen LogP contribution in [-0.2, 0) is 0 Å². The van der Waals surface area contributed by atoms with Gasteiger partial charge in [0, 0.05) is 17.7 Å². The van der Waals surface area contributed by atoms with Gasteiger partial charge in [0.05, 0.1) is 20.3 Å². The van der Waals surface area contributed by atoms with Crippen molar-refractivity contribution in [3.63, 3.8) is 0 Å². The largest absolute Gasteiger partial charge is 0.497 e. The van der Waals surface area contributed by atoms with Gasteiger partial charge in [-0.05, 0) is 49.2 Å². The zero-order valence-corrected chi connectivity index (χ0v) is 13.8. The van der Waals surface area contributed by atoms with Crippen molar-refractivity contribution in [3.05, 3.63) is 59.4 Å². The quantitative estimate of drug-likeness (QED) is 0.856. The Kier molecular flexibility index (Phi) is 4.69. The minimum atomic E-state index is -0.407. The summed E-state index contributed by atoms with van der Waals surface area (Å²) < 4.78 is 24.2. The first kappa shape index (κ1) is 16.3. The maximum atomic E-state index is 13.4. The molecule has 0 spiro atoms. The predicted octanol–water partition coefficient (Wildman–Crippen LogP) is 3.82. The first-order chi connectivity index (χ1) is 11.6. The van der Waals surface area contributed by atoms with E-state index in [1.54, 1.807) is 31.3 Å². The number of carbonyl (C=O) groups excluding carboxylic acids is 1. The van der Waals surface area contributed by atoms with Gasteiger partial charge in [-0.1, -0.05) is 6.07 Å². The van der Waals surface area contributed by atoms with Crippen LogP contribution in [0.3, 0.4) is 0 Å². The molecule has 126 valence electrons. The Morgan fingerprint density at radius 1 is 1.17 bits per heavy atom. The highest BCUT2D eigenvalue weighted by atomic mass is 19.1. The molecule has 0 saturated carbocycles. The van der Waals surface area contributed by atoms with Crippen LogP contribution in [0.1, 0.15) is 34.8 Å². The number of carbonyl (C=O) groups is 1. The lowest BCUT2D eigenvalue weighted by Crippen LogP contribution is -2.30. The van der Waals surface area contributed by atoms with Gasteiger partial charge in [0.25, 0.3) is 5.91 Å². The number of halogens is 1. The number of methoxy groups -OCH3 is 2. The van der Waals surface area contributed by atoms with Crippen molar-refractivity contribution >= 4 is 5.91 Å². The number of rotatable bonds is 4. The smallest absolute Gasteiger partial charge is 0.254 e. The van der Waals surface area contributed by atoms with Crippen LogP contribution in [0.2, 0.25) is 0 Å². The van der Waals surface area contributed by atoms with Crippen molar-refractivity contribution < 1.29 is 18.7 Å². The second kappa shape index (κ2) is 6.91. The van der Waals surface area contributed by atoms with E-state index in [0.717, 1.165) is 29.9 Å². The van der Waals surface area contributed by atoms with Gasteiger partial charge < -0.3 is 14.4 Å². The molecule has 0 aliphatic carbocycles. The lowest BCUT2D eigenvalue weighted by molar-refractivity contribution is 0.0733. The van der Waals surface area contributed by atoms with Crippen LogP contribution in [0.15, 0.2) is 42.5 Å². The molecular formula is C19H20FNO3. The van der Waals surface area contributed by atoms with Crippen molar-refractivity contribution in [1.82, 2.24) is 4.90 Å². The molecule has 0 aromatic heterocycles. The van der Waals surface area contributed by atoms with E-state index in [1.807, 2.05) is 18.2 Å². The third-order valence-electron chi connectivity index (χ3n) is 4.38. The van der Waals surface area contributed by atoms with Gasteiger partial charge in [0.2, 0.25) is 0 Å². The summed E-state index contributed by atoms with van der Waals surface area (Å²) >= 11 is 0. The van der Waals surface area contributed by atoms with E-state index in [9.17, 15) is 9.18 Å². The second-order valence-corrected chi connectivity index (χ2v) is 5.77. The molecule has 2 aromatic rings. The van der Waals surface area contributed by atoms with Gasteiger partial charge >= 0.3 is 0 Å². The lowest BCUT2D eigenvalue weighted by Gasteiger charge is -2.26. The Morgan fingerprint density at radius 3 is 2.71 bits per heavy atom. The highest BCUT2D eigenvalue weighted by molar-refractivity contribution is 5.94. The molecular weight excluding hydrogens is 309 g/mol. The molecule has 1 saturated heterocycles. The lowest BCUT2D eigenvalue weighted by atomic mass is 10.0. The van der Waals surface area contributed by atoms with Crippen LogP contribution in [-0.4, -0.2) is 31.6 Å². The molecule has 0 N–H and O–H groups in total. The molecule has 0 bridgehead atoms. The van der Waals surface area contributed by atoms with Gasteiger partial charge in [0.1, 0.15) is 17.3 Å². The van der Waals surface area contributed by atoms with E-state index < -0.39 is 5.82 Å². The molecule has 3 rings (SSSR count). The maximum absolute atomic E-state index is 13.4. The summed E-state index contributed by atoms with van der Waals surface area (Å²) in [6, 6.07) is 11.3. The minimum Gasteiger partial charge on any atom is -0.497 e. The van der Waals surface area contributed by atoms with Crippen LogP contribution in [0, 0.1) is 5.82 Å². The number of nitrogens with zero attached hydrogens (tertiary/aromatic N) is 1. The number of likely N-dealkylation sites (tertiary alicyclic amines) is 1. The summed E-state index contributed by atoms with van der Waals surface area (Å²) in [7, 11) is 3.22. The number of hydrogen-bond acceptors (Lipinski definition) is 3. The first-order valence-corrected chi connectivity index (χ1v) is 7.92. The van der Waals surface area contributed by atoms with Crippen LogP contribution in [0.5, 0.6) is 11.5 Å². The summed E-state index contributed by atoms with van der Waals surface area (Å²) in [5.41, 5.74) is 1.28. The maximum Gasteiger partial charge on any atom is 0.254 e. The average Bonchev–Trinajstić information content (AvgIpc) is 3.10. The molecule has 5 heteroatoms. The average molecular weight is 329 g/mol. The summed E-state index contributed by atoms with van der Waals surface area (Å²) in [6.07, 6.45) is 1.73. The molecule has 0 radical (unpaired) electrons. The van der Waals surface area contributed by atoms with Crippen LogP contribution >= 0.6 is 0 Å². The van der Waals surface area contributed by atoms with Gasteiger partial charge in [-0.2, -0.15) is 0 Å². The van der Waals surface area contributed by atoms with Gasteiger partial charge in [0.15, 0.2) is 0 Å². The number of benzene rings is 2. The van der Waals surface area contributed by atoms with E-state index in [1.165, 1.54) is 12.1 Å². The fraction of sp³-hybridized carbons (Fsp3) is 0.316. The van der Waals surface area contributed by atoms with Crippen LogP contribution in [0.25, 0.3) is 0 Å². The van der Waals surface area contributed by atoms with Crippen molar-refractivity contribution in [2.24, 2.45) is 0 Å². The highest BCUT2D eigenvalue weighted by Gasteiger charge is 2.32. The number of ether oxygens (including phenoxy) is 2. The summed E-state index contributed by atoms with van der Waals surface area (Å²) in [5.74, 6) is 0.869. The summed E-state index contributed by atoms with van der Waals surface area (Å²) in [5, 5.41) is 0. The predicted molar refractivity (Wildman–Crippen MR) is 89.0 cm³/mol. The van der Waals surface area contributed by atoms with Crippen molar-refractivity contribution in [2.75, 3.05) is 20.8 Å². The molecule has 4 nitrogen and oxygen atoms in total. The summed E-state index contributed by atoms with van der Waals surface area (Å²) in [6.45, 7) is 0.639. The molecule has 1 fully saturated rings. The van der Waals surface area contributed by atoms with E-state index in [0.29, 0.717) is 12.1 Å². The zero-order valence-electron chi connectivity index (χ0n) is 13.8. The standard InChI is InChI=1S/C19H20FNO3/c1-23-15-8-9-18(24-2)16(12-15)17-7-4-10-21(17)19(22)13-5-3-6-14(20)11-13/h3,5-6,8-9,11-12,17H,4,7,10H2,1-2H3. The third-order valence-corrected chi connectivity index (χ3v) is 4.38. The molecule has 24 heavy (non-hydrogen) atoms. The third kappa shape index (κ3) is 3.07. The Morgan fingerprint density at radius 2 is 2.00 bits per heavy atom. The van der Waals surface area contributed by atoms with E-state index in [4.69, 9.17) is 9.47 Å². The molecule has 1 aliphatic rings. The van der Waals surface area contributed by atoms with Gasteiger partial charge in [-0.15, -0.1) is 0 Å². The van der Waals surface area contributed by atoms with E-state index in [-0.39, 0.29) is 11.9 Å². The minimum absolute atomic E-state index is 0.106. The molecule has 1 unspecified atom stereocenters. The van der Waals surface area contributed by atoms with E-state index in [2.05, 4.69) is 0 Å². The Hall–Kier alpha value is -2.56. The van der Waals surface area contributed by atoms with Crippen molar-refractivity contribution in [3.8, 4) is 11.5 Å². The monoisotopic (exact) mass is 329 g/mol. The van der Waals surface area contributed by atoms with E-state index >= 15 is 0 Å². The Balaban J connectivity index is 1.95. The Bertz CT molecular complexity index is 747. The number of amides is 1. The van der Waals surface area contributed by atoms with Crippen LogP contribution in [0.4, 0.5) is 4.39 Å². The van der Waals surface area contributed by atoms with Gasteiger partial charge in [-0.25, -0.2) is 4.39 Å². The Labute approximate surface area is 140 Å². The normalized spacial score (nSPS) is 17.0. The first-order valence-electron chi connectivity index (χ1n) is 7.92. The fourth-order valence-corrected chi connectivity index (χ4v) is 3.22. The molecule has 1 atom stereocenters.